The number of pyridine rings is 1. The summed E-state index contributed by atoms with van der Waals surface area (Å²) in [6.07, 6.45) is 8.65. The fourth-order valence-electron chi connectivity index (χ4n) is 5.23. The van der Waals surface area contributed by atoms with Crippen LogP contribution in [0.1, 0.15) is 62.5 Å². The minimum atomic E-state index is -3.47. The molecular formula is C25H32N4O2S. The normalized spacial score (nSPS) is 18.3. The molecule has 2 aromatic heterocycles. The number of benzene rings is 1. The maximum absolute atomic E-state index is 13.4. The van der Waals surface area contributed by atoms with Gasteiger partial charge in [0.1, 0.15) is 11.3 Å². The molecule has 0 bridgehead atoms. The molecule has 1 saturated heterocycles. The van der Waals surface area contributed by atoms with E-state index < -0.39 is 10.0 Å². The quantitative estimate of drug-likeness (QED) is 0.570. The molecule has 32 heavy (non-hydrogen) atoms. The summed E-state index contributed by atoms with van der Waals surface area (Å²) in [6.45, 7) is 5.45. The molecule has 0 atom stereocenters. The first-order valence-corrected chi connectivity index (χ1v) is 13.3. The van der Waals surface area contributed by atoms with Gasteiger partial charge in [0.2, 0.25) is 10.0 Å². The second-order valence-corrected chi connectivity index (χ2v) is 11.6. The van der Waals surface area contributed by atoms with Crippen molar-refractivity contribution in [3.8, 4) is 0 Å². The summed E-state index contributed by atoms with van der Waals surface area (Å²) < 4.78 is 30.7. The summed E-state index contributed by atoms with van der Waals surface area (Å²) in [5.41, 5.74) is 4.36. The maximum Gasteiger partial charge on any atom is 0.243 e. The number of hydrogen-bond acceptors (Lipinski definition) is 4. The van der Waals surface area contributed by atoms with Gasteiger partial charge in [-0.05, 0) is 79.8 Å². The highest BCUT2D eigenvalue weighted by molar-refractivity contribution is 7.89. The Bertz CT molecular complexity index is 1220. The number of sulfonamides is 1. The molecule has 1 fully saturated rings. The van der Waals surface area contributed by atoms with Crippen LogP contribution in [0.15, 0.2) is 41.4 Å². The number of aryl methyl sites for hydroxylation is 2. The van der Waals surface area contributed by atoms with Gasteiger partial charge in [-0.1, -0.05) is 19.9 Å². The molecule has 0 saturated carbocycles. The third-order valence-electron chi connectivity index (χ3n) is 6.86. The summed E-state index contributed by atoms with van der Waals surface area (Å²) in [5.74, 6) is 1.56. The zero-order valence-electron chi connectivity index (χ0n) is 19.0. The van der Waals surface area contributed by atoms with Crippen LogP contribution in [-0.4, -0.2) is 40.3 Å². The molecule has 0 radical (unpaired) electrons. The predicted molar refractivity (Wildman–Crippen MR) is 126 cm³/mol. The van der Waals surface area contributed by atoms with E-state index in [0.29, 0.717) is 23.9 Å². The SMILES string of the molecule is CC(C)Cc1nc2cccnc2n1C1CCN(S(=O)(=O)c2ccc3c(c2)CCCC3)CC1. The smallest absolute Gasteiger partial charge is 0.243 e. The van der Waals surface area contributed by atoms with Crippen LogP contribution in [0.3, 0.4) is 0 Å². The zero-order valence-corrected chi connectivity index (χ0v) is 19.8. The number of imidazole rings is 1. The molecule has 2 aliphatic rings. The Balaban J connectivity index is 1.37. The number of hydrogen-bond donors (Lipinski definition) is 0. The average molecular weight is 453 g/mol. The highest BCUT2D eigenvalue weighted by Gasteiger charge is 2.32. The van der Waals surface area contributed by atoms with Gasteiger partial charge in [-0.2, -0.15) is 4.31 Å². The molecule has 1 aromatic carbocycles. The number of piperidine rings is 1. The van der Waals surface area contributed by atoms with Gasteiger partial charge < -0.3 is 4.57 Å². The number of rotatable bonds is 5. The molecule has 0 unspecified atom stereocenters. The predicted octanol–water partition coefficient (Wildman–Crippen LogP) is 4.53. The molecule has 170 valence electrons. The van der Waals surface area contributed by atoms with E-state index in [0.717, 1.165) is 55.5 Å². The standard InChI is InChI=1S/C25H32N4O2S/c1-18(2)16-24-27-23-8-5-13-26-25(23)29(24)21-11-14-28(15-12-21)32(30,31)22-10-9-19-6-3-4-7-20(19)17-22/h5,8-10,13,17-18,21H,3-4,6-7,11-12,14-16H2,1-2H3. The van der Waals surface area contributed by atoms with Gasteiger partial charge in [-0.25, -0.2) is 18.4 Å². The molecule has 1 aliphatic heterocycles. The van der Waals surface area contributed by atoms with Crippen molar-refractivity contribution in [1.29, 1.82) is 0 Å². The van der Waals surface area contributed by atoms with Crippen molar-refractivity contribution in [2.24, 2.45) is 5.92 Å². The number of nitrogens with zero attached hydrogens (tertiary/aromatic N) is 4. The van der Waals surface area contributed by atoms with E-state index >= 15 is 0 Å². The van der Waals surface area contributed by atoms with Gasteiger partial charge in [0.25, 0.3) is 0 Å². The fourth-order valence-corrected chi connectivity index (χ4v) is 6.75. The van der Waals surface area contributed by atoms with Crippen molar-refractivity contribution < 1.29 is 8.42 Å². The fraction of sp³-hybridized carbons (Fsp3) is 0.520. The lowest BCUT2D eigenvalue weighted by molar-refractivity contribution is 0.272. The van der Waals surface area contributed by atoms with Crippen LogP contribution < -0.4 is 0 Å². The Kier molecular flexibility index (Phi) is 5.80. The molecule has 3 heterocycles. The zero-order chi connectivity index (χ0) is 22.3. The Labute approximate surface area is 190 Å². The molecule has 1 aliphatic carbocycles. The molecule has 0 spiro atoms. The lowest BCUT2D eigenvalue weighted by atomic mass is 9.92. The first-order chi connectivity index (χ1) is 15.4. The van der Waals surface area contributed by atoms with Crippen LogP contribution in [0, 0.1) is 5.92 Å². The molecular weight excluding hydrogens is 420 g/mol. The monoisotopic (exact) mass is 452 g/mol. The summed E-state index contributed by atoms with van der Waals surface area (Å²) in [6, 6.07) is 9.91. The van der Waals surface area contributed by atoms with Crippen LogP contribution >= 0.6 is 0 Å². The van der Waals surface area contributed by atoms with Crippen molar-refractivity contribution >= 4 is 21.2 Å². The van der Waals surface area contributed by atoms with Gasteiger partial charge in [0.15, 0.2) is 5.65 Å². The Morgan fingerprint density at radius 2 is 1.81 bits per heavy atom. The largest absolute Gasteiger partial charge is 0.309 e. The maximum atomic E-state index is 13.4. The Morgan fingerprint density at radius 3 is 2.56 bits per heavy atom. The third-order valence-corrected chi connectivity index (χ3v) is 8.75. The van der Waals surface area contributed by atoms with Gasteiger partial charge in [-0.15, -0.1) is 0 Å². The van der Waals surface area contributed by atoms with E-state index in [1.807, 2.05) is 30.5 Å². The molecule has 6 nitrogen and oxygen atoms in total. The van der Waals surface area contributed by atoms with Gasteiger partial charge >= 0.3 is 0 Å². The van der Waals surface area contributed by atoms with E-state index in [-0.39, 0.29) is 6.04 Å². The van der Waals surface area contributed by atoms with E-state index in [1.165, 1.54) is 17.5 Å². The lowest BCUT2D eigenvalue weighted by Gasteiger charge is -2.33. The van der Waals surface area contributed by atoms with Gasteiger partial charge in [-0.3, -0.25) is 0 Å². The van der Waals surface area contributed by atoms with Crippen molar-refractivity contribution in [3.05, 3.63) is 53.5 Å². The highest BCUT2D eigenvalue weighted by atomic mass is 32.2. The van der Waals surface area contributed by atoms with Crippen LogP contribution in [-0.2, 0) is 29.3 Å². The molecule has 0 amide bonds. The minimum Gasteiger partial charge on any atom is -0.309 e. The van der Waals surface area contributed by atoms with Crippen LogP contribution in [0.5, 0.6) is 0 Å². The lowest BCUT2D eigenvalue weighted by Crippen LogP contribution is -2.39. The second kappa shape index (κ2) is 8.60. The van der Waals surface area contributed by atoms with E-state index in [2.05, 4.69) is 23.4 Å². The highest BCUT2D eigenvalue weighted by Crippen LogP contribution is 2.32. The first kappa shape index (κ1) is 21.6. The van der Waals surface area contributed by atoms with Gasteiger partial charge in [0.05, 0.1) is 4.90 Å². The van der Waals surface area contributed by atoms with Crippen LogP contribution in [0.25, 0.3) is 11.2 Å². The molecule has 0 N–H and O–H groups in total. The number of fused-ring (bicyclic) bond motifs is 2. The van der Waals surface area contributed by atoms with Crippen LogP contribution in [0.2, 0.25) is 0 Å². The van der Waals surface area contributed by atoms with Crippen molar-refractivity contribution in [3.63, 3.8) is 0 Å². The third kappa shape index (κ3) is 3.97. The summed E-state index contributed by atoms with van der Waals surface area (Å²) in [5, 5.41) is 0. The average Bonchev–Trinajstić information content (AvgIpc) is 3.16. The molecule has 3 aromatic rings. The molecule has 5 rings (SSSR count). The van der Waals surface area contributed by atoms with Crippen LogP contribution in [0.4, 0.5) is 0 Å². The van der Waals surface area contributed by atoms with Crippen molar-refractivity contribution in [2.75, 3.05) is 13.1 Å². The van der Waals surface area contributed by atoms with Gasteiger partial charge in [0, 0.05) is 31.7 Å². The van der Waals surface area contributed by atoms with E-state index in [1.54, 1.807) is 10.4 Å². The first-order valence-electron chi connectivity index (χ1n) is 11.9. The number of aromatic nitrogens is 3. The summed E-state index contributed by atoms with van der Waals surface area (Å²) in [4.78, 5) is 9.91. The Morgan fingerprint density at radius 1 is 1.06 bits per heavy atom. The summed E-state index contributed by atoms with van der Waals surface area (Å²) >= 11 is 0. The van der Waals surface area contributed by atoms with Crippen molar-refractivity contribution in [1.82, 2.24) is 18.8 Å². The molecule has 7 heteroatoms. The van der Waals surface area contributed by atoms with Crippen molar-refractivity contribution in [2.45, 2.75) is 69.7 Å². The minimum absolute atomic E-state index is 0.221. The second-order valence-electron chi connectivity index (χ2n) is 9.62. The summed E-state index contributed by atoms with van der Waals surface area (Å²) in [7, 11) is -3.47. The van der Waals surface area contributed by atoms with E-state index in [9.17, 15) is 8.42 Å². The topological polar surface area (TPSA) is 68.1 Å². The Hall–Kier alpha value is -2.25. The van der Waals surface area contributed by atoms with E-state index in [4.69, 9.17) is 4.98 Å².